The molecule has 0 atom stereocenters. The van der Waals surface area contributed by atoms with Crippen molar-refractivity contribution in [3.05, 3.63) is 53.3 Å². The van der Waals surface area contributed by atoms with Crippen LogP contribution in [0.25, 0.3) is 0 Å². The van der Waals surface area contributed by atoms with Crippen LogP contribution in [0.5, 0.6) is 0 Å². The van der Waals surface area contributed by atoms with Crippen LogP contribution in [0.3, 0.4) is 0 Å². The third-order valence-electron chi connectivity index (χ3n) is 4.28. The summed E-state index contributed by atoms with van der Waals surface area (Å²) in [7, 11) is 1.88. The number of carbonyl (C=O) groups is 1. The van der Waals surface area contributed by atoms with Gasteiger partial charge in [-0.3, -0.25) is 9.48 Å². The summed E-state index contributed by atoms with van der Waals surface area (Å²) in [6.07, 6.45) is 6.46. The number of nitrogens with zero attached hydrogens (tertiary/aromatic N) is 2. The van der Waals surface area contributed by atoms with Crippen LogP contribution in [0.4, 0.5) is 0 Å². The lowest BCUT2D eigenvalue weighted by molar-refractivity contribution is -0.148. The van der Waals surface area contributed by atoms with Gasteiger partial charge in [-0.05, 0) is 42.4 Å². The molecule has 1 aliphatic carbocycles. The Labute approximate surface area is 118 Å². The van der Waals surface area contributed by atoms with E-state index in [2.05, 4.69) is 5.10 Å². The second kappa shape index (κ2) is 4.78. The van der Waals surface area contributed by atoms with E-state index in [1.165, 1.54) is 11.1 Å². The minimum Gasteiger partial charge on any atom is -0.481 e. The lowest BCUT2D eigenvalue weighted by atomic mass is 9.79. The van der Waals surface area contributed by atoms with Crippen molar-refractivity contribution in [1.29, 1.82) is 0 Å². The highest BCUT2D eigenvalue weighted by molar-refractivity contribution is 5.77. The van der Waals surface area contributed by atoms with Gasteiger partial charge in [-0.1, -0.05) is 24.3 Å². The van der Waals surface area contributed by atoms with Gasteiger partial charge in [-0.25, -0.2) is 0 Å². The Morgan fingerprint density at radius 1 is 1.35 bits per heavy atom. The number of aromatic nitrogens is 2. The van der Waals surface area contributed by atoms with Gasteiger partial charge in [0.05, 0.1) is 11.6 Å². The highest BCUT2D eigenvalue weighted by Crippen LogP contribution is 2.40. The van der Waals surface area contributed by atoms with E-state index < -0.39 is 11.4 Å². The van der Waals surface area contributed by atoms with Crippen LogP contribution in [-0.2, 0) is 31.1 Å². The van der Waals surface area contributed by atoms with Crippen molar-refractivity contribution in [1.82, 2.24) is 9.78 Å². The van der Waals surface area contributed by atoms with E-state index in [-0.39, 0.29) is 0 Å². The highest BCUT2D eigenvalue weighted by atomic mass is 16.4. The molecule has 0 aliphatic heterocycles. The monoisotopic (exact) mass is 270 g/mol. The first-order chi connectivity index (χ1) is 9.59. The van der Waals surface area contributed by atoms with Crippen LogP contribution in [0, 0.1) is 5.41 Å². The molecular formula is C16H18N2O2. The fourth-order valence-electron chi connectivity index (χ4n) is 3.11. The van der Waals surface area contributed by atoms with Crippen LogP contribution >= 0.6 is 0 Å². The Morgan fingerprint density at radius 3 is 2.50 bits per heavy atom. The summed E-state index contributed by atoms with van der Waals surface area (Å²) in [5, 5.41) is 13.8. The topological polar surface area (TPSA) is 55.1 Å². The Morgan fingerprint density at radius 2 is 2.00 bits per heavy atom. The number of carboxylic acids is 1. The second-order valence-electron chi connectivity index (χ2n) is 5.73. The molecule has 3 rings (SSSR count). The Bertz CT molecular complexity index is 620. The van der Waals surface area contributed by atoms with E-state index in [4.69, 9.17) is 0 Å². The molecule has 1 heterocycles. The summed E-state index contributed by atoms with van der Waals surface area (Å²) in [6, 6.07) is 8.06. The van der Waals surface area contributed by atoms with Crippen molar-refractivity contribution < 1.29 is 9.90 Å². The van der Waals surface area contributed by atoms with E-state index in [0.717, 1.165) is 12.0 Å². The molecule has 4 nitrogen and oxygen atoms in total. The summed E-state index contributed by atoms with van der Waals surface area (Å²) in [6.45, 7) is 0. The molecule has 20 heavy (non-hydrogen) atoms. The number of rotatable bonds is 4. The van der Waals surface area contributed by atoms with Gasteiger partial charge in [0.2, 0.25) is 0 Å². The quantitative estimate of drug-likeness (QED) is 0.926. The van der Waals surface area contributed by atoms with Crippen LogP contribution < -0.4 is 0 Å². The van der Waals surface area contributed by atoms with Crippen molar-refractivity contribution in [2.45, 2.75) is 25.7 Å². The number of fused-ring (bicyclic) bond motifs is 1. The molecule has 1 aliphatic rings. The number of benzene rings is 1. The van der Waals surface area contributed by atoms with Crippen molar-refractivity contribution >= 4 is 5.97 Å². The summed E-state index contributed by atoms with van der Waals surface area (Å²) in [5.74, 6) is -0.683. The third-order valence-corrected chi connectivity index (χ3v) is 4.28. The lowest BCUT2D eigenvalue weighted by Crippen LogP contribution is -2.32. The lowest BCUT2D eigenvalue weighted by Gasteiger charge is -2.23. The molecule has 104 valence electrons. The van der Waals surface area contributed by atoms with E-state index in [1.807, 2.05) is 43.7 Å². The predicted molar refractivity (Wildman–Crippen MR) is 75.4 cm³/mol. The molecule has 0 bridgehead atoms. The van der Waals surface area contributed by atoms with Gasteiger partial charge in [-0.2, -0.15) is 5.10 Å². The predicted octanol–water partition coefficient (Wildman–Crippen LogP) is 2.22. The first-order valence-corrected chi connectivity index (χ1v) is 6.87. The molecule has 2 aromatic rings. The maximum atomic E-state index is 11.8. The molecule has 4 heteroatoms. The summed E-state index contributed by atoms with van der Waals surface area (Å²) in [5.41, 5.74) is 2.81. The molecule has 1 aromatic carbocycles. The fourth-order valence-corrected chi connectivity index (χ4v) is 3.11. The zero-order valence-electron chi connectivity index (χ0n) is 11.5. The normalized spacial score (nSPS) is 16.1. The van der Waals surface area contributed by atoms with Gasteiger partial charge >= 0.3 is 5.97 Å². The first kappa shape index (κ1) is 12.9. The zero-order valence-corrected chi connectivity index (χ0v) is 11.5. The molecule has 0 radical (unpaired) electrons. The largest absolute Gasteiger partial charge is 0.481 e. The minimum absolute atomic E-state index is 0.638. The van der Waals surface area contributed by atoms with Gasteiger partial charge in [0.25, 0.3) is 0 Å². The van der Waals surface area contributed by atoms with Crippen LogP contribution in [0.15, 0.2) is 36.7 Å². The van der Waals surface area contributed by atoms with Gasteiger partial charge < -0.3 is 5.11 Å². The molecule has 0 saturated heterocycles. The van der Waals surface area contributed by atoms with Crippen molar-refractivity contribution in [3.8, 4) is 0 Å². The molecule has 0 saturated carbocycles. The number of hydrogen-bond acceptors (Lipinski definition) is 2. The van der Waals surface area contributed by atoms with Gasteiger partial charge in [0, 0.05) is 13.2 Å². The summed E-state index contributed by atoms with van der Waals surface area (Å²) >= 11 is 0. The van der Waals surface area contributed by atoms with E-state index in [1.54, 1.807) is 4.68 Å². The SMILES string of the molecule is Cn1cc(CCC2(C(=O)O)Cc3ccccc3C2)cn1. The summed E-state index contributed by atoms with van der Waals surface area (Å²) in [4.78, 5) is 11.8. The second-order valence-corrected chi connectivity index (χ2v) is 5.73. The Balaban J connectivity index is 1.79. The molecular weight excluding hydrogens is 252 g/mol. The smallest absolute Gasteiger partial charge is 0.310 e. The highest BCUT2D eigenvalue weighted by Gasteiger charge is 2.43. The standard InChI is InChI=1S/C16H18N2O2/c1-18-11-12(10-17-18)6-7-16(15(19)20)8-13-4-2-3-5-14(13)9-16/h2-5,10-11H,6-9H2,1H3,(H,19,20). The third kappa shape index (κ3) is 2.22. The minimum atomic E-state index is -0.683. The fraction of sp³-hybridized carbons (Fsp3) is 0.375. The van der Waals surface area contributed by atoms with Gasteiger partial charge in [-0.15, -0.1) is 0 Å². The van der Waals surface area contributed by atoms with Crippen molar-refractivity contribution in [3.63, 3.8) is 0 Å². The number of carboxylic acid groups (broad SMARTS) is 1. The first-order valence-electron chi connectivity index (χ1n) is 6.87. The Hall–Kier alpha value is -2.10. The molecule has 1 N–H and O–H groups in total. The average Bonchev–Trinajstić information content (AvgIpc) is 3.00. The summed E-state index contributed by atoms with van der Waals surface area (Å²) < 4.78 is 1.76. The number of aryl methyl sites for hydroxylation is 2. The Kier molecular flexibility index (Phi) is 3.08. The number of aliphatic carboxylic acids is 1. The van der Waals surface area contributed by atoms with Crippen LogP contribution in [0.1, 0.15) is 23.1 Å². The van der Waals surface area contributed by atoms with Gasteiger partial charge in [0.15, 0.2) is 0 Å². The number of hydrogen-bond donors (Lipinski definition) is 1. The van der Waals surface area contributed by atoms with Crippen LogP contribution in [0.2, 0.25) is 0 Å². The maximum absolute atomic E-state index is 11.8. The van der Waals surface area contributed by atoms with Crippen molar-refractivity contribution in [2.75, 3.05) is 0 Å². The van der Waals surface area contributed by atoms with E-state index in [9.17, 15) is 9.90 Å². The van der Waals surface area contributed by atoms with Crippen molar-refractivity contribution in [2.24, 2.45) is 12.5 Å². The molecule has 0 amide bonds. The molecule has 1 aromatic heterocycles. The molecule has 0 spiro atoms. The maximum Gasteiger partial charge on any atom is 0.310 e. The zero-order chi connectivity index (χ0) is 14.2. The average molecular weight is 270 g/mol. The van der Waals surface area contributed by atoms with E-state index >= 15 is 0 Å². The van der Waals surface area contributed by atoms with Crippen LogP contribution in [-0.4, -0.2) is 20.9 Å². The molecule has 0 fully saturated rings. The molecule has 0 unspecified atom stereocenters. The van der Waals surface area contributed by atoms with Gasteiger partial charge in [0.1, 0.15) is 0 Å². The van der Waals surface area contributed by atoms with E-state index in [0.29, 0.717) is 19.3 Å².